The number of nitrogens with two attached hydrogens (primary N) is 1. The Hall–Kier alpha value is -2.87. The lowest BCUT2D eigenvalue weighted by Gasteiger charge is -2.03. The fourth-order valence-electron chi connectivity index (χ4n) is 1.84. The molecule has 0 atom stereocenters. The largest absolute Gasteiger partial charge is 0.397 e. The van der Waals surface area contributed by atoms with E-state index in [2.05, 4.69) is 10.1 Å². The standard InChI is InChI=1S/C13H9N5/c14-6-9-7-16-13-11(12(9)15)8-17-18(13)10-4-2-1-3-5-10/h1-5,7-8H,(H2,15,16). The van der Waals surface area contributed by atoms with Gasteiger partial charge in [0, 0.05) is 6.20 Å². The average molecular weight is 235 g/mol. The van der Waals surface area contributed by atoms with Crippen molar-refractivity contribution in [2.45, 2.75) is 0 Å². The summed E-state index contributed by atoms with van der Waals surface area (Å²) in [5, 5.41) is 13.9. The summed E-state index contributed by atoms with van der Waals surface area (Å²) in [6.07, 6.45) is 3.10. The topological polar surface area (TPSA) is 80.5 Å². The Bertz CT molecular complexity index is 752. The van der Waals surface area contributed by atoms with Crippen LogP contribution in [0.3, 0.4) is 0 Å². The molecule has 0 aliphatic heterocycles. The van der Waals surface area contributed by atoms with Gasteiger partial charge in [-0.2, -0.15) is 10.4 Å². The van der Waals surface area contributed by atoms with E-state index in [1.165, 1.54) is 6.20 Å². The summed E-state index contributed by atoms with van der Waals surface area (Å²) in [5.41, 5.74) is 8.25. The van der Waals surface area contributed by atoms with E-state index in [0.717, 1.165) is 5.69 Å². The number of para-hydroxylation sites is 1. The molecule has 0 fully saturated rings. The van der Waals surface area contributed by atoms with Crippen LogP contribution in [-0.2, 0) is 0 Å². The number of nitrogens with zero attached hydrogens (tertiary/aromatic N) is 4. The third-order valence-corrected chi connectivity index (χ3v) is 2.76. The van der Waals surface area contributed by atoms with Crippen LogP contribution < -0.4 is 5.73 Å². The first-order valence-corrected chi connectivity index (χ1v) is 5.39. The summed E-state index contributed by atoms with van der Waals surface area (Å²) in [5.74, 6) is 0. The minimum atomic E-state index is 0.370. The van der Waals surface area contributed by atoms with Crippen LogP contribution in [0.15, 0.2) is 42.7 Å². The molecular formula is C13H9N5. The maximum Gasteiger partial charge on any atom is 0.165 e. The lowest BCUT2D eigenvalue weighted by atomic mass is 10.2. The van der Waals surface area contributed by atoms with Gasteiger partial charge in [-0.1, -0.05) is 18.2 Å². The number of nitrogen functional groups attached to an aromatic ring is 1. The van der Waals surface area contributed by atoms with Gasteiger partial charge in [0.1, 0.15) is 6.07 Å². The predicted molar refractivity (Wildman–Crippen MR) is 68.0 cm³/mol. The number of hydrogen-bond acceptors (Lipinski definition) is 4. The van der Waals surface area contributed by atoms with E-state index < -0.39 is 0 Å². The first kappa shape index (κ1) is 10.3. The third-order valence-electron chi connectivity index (χ3n) is 2.76. The van der Waals surface area contributed by atoms with Crippen LogP contribution in [0.5, 0.6) is 0 Å². The van der Waals surface area contributed by atoms with Gasteiger partial charge in [0.25, 0.3) is 0 Å². The fraction of sp³-hybridized carbons (Fsp3) is 0. The quantitative estimate of drug-likeness (QED) is 0.698. The first-order valence-electron chi connectivity index (χ1n) is 5.39. The molecule has 2 N–H and O–H groups in total. The molecule has 2 heterocycles. The minimum absolute atomic E-state index is 0.370. The molecule has 3 rings (SSSR count). The highest BCUT2D eigenvalue weighted by Crippen LogP contribution is 2.23. The fourth-order valence-corrected chi connectivity index (χ4v) is 1.84. The summed E-state index contributed by atoms with van der Waals surface area (Å²) >= 11 is 0. The van der Waals surface area contributed by atoms with E-state index in [1.807, 2.05) is 36.4 Å². The van der Waals surface area contributed by atoms with Crippen LogP contribution in [0.1, 0.15) is 5.56 Å². The highest BCUT2D eigenvalue weighted by Gasteiger charge is 2.11. The van der Waals surface area contributed by atoms with Crippen molar-refractivity contribution in [3.05, 3.63) is 48.3 Å². The number of benzene rings is 1. The molecule has 86 valence electrons. The van der Waals surface area contributed by atoms with Gasteiger partial charge in [-0.3, -0.25) is 0 Å². The Balaban J connectivity index is 2.29. The zero-order valence-electron chi connectivity index (χ0n) is 9.41. The van der Waals surface area contributed by atoms with Crippen LogP contribution in [0.25, 0.3) is 16.7 Å². The molecular weight excluding hydrogens is 226 g/mol. The number of rotatable bonds is 1. The molecule has 2 aromatic heterocycles. The molecule has 0 aliphatic rings. The van der Waals surface area contributed by atoms with Crippen molar-refractivity contribution >= 4 is 16.7 Å². The highest BCUT2D eigenvalue weighted by atomic mass is 15.3. The van der Waals surface area contributed by atoms with Crippen LogP contribution in [-0.4, -0.2) is 14.8 Å². The second-order valence-electron chi connectivity index (χ2n) is 3.83. The Labute approximate surface area is 103 Å². The Morgan fingerprint density at radius 3 is 2.67 bits per heavy atom. The van der Waals surface area contributed by atoms with Gasteiger partial charge < -0.3 is 5.73 Å². The molecule has 18 heavy (non-hydrogen) atoms. The van der Waals surface area contributed by atoms with E-state index in [1.54, 1.807) is 10.9 Å². The highest BCUT2D eigenvalue weighted by molar-refractivity contribution is 5.91. The maximum atomic E-state index is 8.90. The number of pyridine rings is 1. The molecule has 0 aliphatic carbocycles. The van der Waals surface area contributed by atoms with Crippen molar-refractivity contribution < 1.29 is 0 Å². The van der Waals surface area contributed by atoms with Gasteiger partial charge in [0.05, 0.1) is 28.5 Å². The number of aromatic nitrogens is 3. The first-order chi connectivity index (χ1) is 8.81. The average Bonchev–Trinajstić information content (AvgIpc) is 2.85. The van der Waals surface area contributed by atoms with Crippen molar-refractivity contribution in [2.24, 2.45) is 0 Å². The number of nitriles is 1. The molecule has 0 spiro atoms. The van der Waals surface area contributed by atoms with Crippen LogP contribution in [0.4, 0.5) is 5.69 Å². The lowest BCUT2D eigenvalue weighted by Crippen LogP contribution is -1.98. The molecule has 0 radical (unpaired) electrons. The SMILES string of the molecule is N#Cc1cnc2c(cnn2-c2ccccc2)c1N. The third kappa shape index (κ3) is 1.40. The second kappa shape index (κ2) is 3.86. The second-order valence-corrected chi connectivity index (χ2v) is 3.83. The van der Waals surface area contributed by atoms with Crippen LogP contribution >= 0.6 is 0 Å². The summed E-state index contributed by atoms with van der Waals surface area (Å²) in [7, 11) is 0. The van der Waals surface area contributed by atoms with Gasteiger partial charge in [-0.05, 0) is 12.1 Å². The van der Waals surface area contributed by atoms with Crippen LogP contribution in [0.2, 0.25) is 0 Å². The lowest BCUT2D eigenvalue weighted by molar-refractivity contribution is 0.897. The zero-order chi connectivity index (χ0) is 12.5. The van der Waals surface area contributed by atoms with E-state index >= 15 is 0 Å². The summed E-state index contributed by atoms with van der Waals surface area (Å²) < 4.78 is 1.70. The maximum absolute atomic E-state index is 8.90. The van der Waals surface area contributed by atoms with Gasteiger partial charge in [-0.15, -0.1) is 0 Å². The predicted octanol–water partition coefficient (Wildman–Crippen LogP) is 1.87. The Morgan fingerprint density at radius 1 is 1.17 bits per heavy atom. The van der Waals surface area contributed by atoms with Crippen molar-refractivity contribution in [1.29, 1.82) is 5.26 Å². The van der Waals surface area contributed by atoms with Gasteiger partial charge in [-0.25, -0.2) is 9.67 Å². The van der Waals surface area contributed by atoms with Gasteiger partial charge >= 0.3 is 0 Å². The molecule has 5 nitrogen and oxygen atoms in total. The van der Waals surface area contributed by atoms with E-state index in [4.69, 9.17) is 11.0 Å². The van der Waals surface area contributed by atoms with Crippen molar-refractivity contribution in [1.82, 2.24) is 14.8 Å². The molecule has 0 amide bonds. The summed E-state index contributed by atoms with van der Waals surface area (Å²) in [4.78, 5) is 4.25. The minimum Gasteiger partial charge on any atom is -0.397 e. The number of fused-ring (bicyclic) bond motifs is 1. The summed E-state index contributed by atoms with van der Waals surface area (Å²) in [6, 6.07) is 11.7. The molecule has 1 aromatic carbocycles. The number of anilines is 1. The van der Waals surface area contributed by atoms with Crippen molar-refractivity contribution in [3.8, 4) is 11.8 Å². The monoisotopic (exact) mass is 235 g/mol. The smallest absolute Gasteiger partial charge is 0.165 e. The van der Waals surface area contributed by atoms with Crippen molar-refractivity contribution in [2.75, 3.05) is 5.73 Å². The summed E-state index contributed by atoms with van der Waals surface area (Å²) in [6.45, 7) is 0. The normalized spacial score (nSPS) is 10.4. The van der Waals surface area contributed by atoms with Crippen LogP contribution in [0, 0.1) is 11.3 Å². The Kier molecular flexibility index (Phi) is 2.21. The van der Waals surface area contributed by atoms with E-state index in [0.29, 0.717) is 22.3 Å². The molecule has 0 saturated carbocycles. The van der Waals surface area contributed by atoms with E-state index in [-0.39, 0.29) is 0 Å². The van der Waals surface area contributed by atoms with Crippen molar-refractivity contribution in [3.63, 3.8) is 0 Å². The van der Waals surface area contributed by atoms with Gasteiger partial charge in [0.2, 0.25) is 0 Å². The molecule has 0 saturated heterocycles. The molecule has 0 unspecified atom stereocenters. The Morgan fingerprint density at radius 2 is 1.94 bits per heavy atom. The molecule has 0 bridgehead atoms. The van der Waals surface area contributed by atoms with E-state index in [9.17, 15) is 0 Å². The molecule has 5 heteroatoms. The molecule has 3 aromatic rings. The zero-order valence-corrected chi connectivity index (χ0v) is 9.41. The number of hydrogen-bond donors (Lipinski definition) is 1. The van der Waals surface area contributed by atoms with Gasteiger partial charge in [0.15, 0.2) is 5.65 Å².